The Kier molecular flexibility index (Phi) is 3.11. The van der Waals surface area contributed by atoms with Crippen LogP contribution in [0.4, 0.5) is 0 Å². The van der Waals surface area contributed by atoms with Crippen LogP contribution in [-0.4, -0.2) is 18.3 Å². The zero-order valence-corrected chi connectivity index (χ0v) is 10.5. The molecule has 0 fully saturated rings. The summed E-state index contributed by atoms with van der Waals surface area (Å²) in [6.45, 7) is 7.59. The highest BCUT2D eigenvalue weighted by atomic mass is 16.5. The summed E-state index contributed by atoms with van der Waals surface area (Å²) < 4.78 is 11.0. The number of ether oxygens (including phenoxy) is 2. The van der Waals surface area contributed by atoms with Gasteiger partial charge in [-0.05, 0) is 31.6 Å². The van der Waals surface area contributed by atoms with Gasteiger partial charge in [-0.1, -0.05) is 6.58 Å². The summed E-state index contributed by atoms with van der Waals surface area (Å²) >= 11 is 0. The molecule has 2 rings (SSSR count). The van der Waals surface area contributed by atoms with Crippen LogP contribution < -0.4 is 9.47 Å². The van der Waals surface area contributed by atoms with Crippen LogP contribution in [-0.2, 0) is 6.42 Å². The van der Waals surface area contributed by atoms with Gasteiger partial charge in [-0.25, -0.2) is 0 Å². The van der Waals surface area contributed by atoms with E-state index in [0.717, 1.165) is 17.7 Å². The molecule has 2 atom stereocenters. The third kappa shape index (κ3) is 2.15. The summed E-state index contributed by atoms with van der Waals surface area (Å²) in [6.07, 6.45) is 0.358. The van der Waals surface area contributed by atoms with Gasteiger partial charge in [-0.15, -0.1) is 0 Å². The van der Waals surface area contributed by atoms with Gasteiger partial charge in [-0.2, -0.15) is 0 Å². The van der Waals surface area contributed by atoms with E-state index in [0.29, 0.717) is 16.9 Å². The summed E-state index contributed by atoms with van der Waals surface area (Å²) in [5, 5.41) is 10.1. The lowest BCUT2D eigenvalue weighted by molar-refractivity contribution is 0.209. The molecule has 1 aromatic rings. The largest absolute Gasteiger partial charge is 0.496 e. The molecule has 2 unspecified atom stereocenters. The van der Waals surface area contributed by atoms with Crippen molar-refractivity contribution in [2.75, 3.05) is 7.11 Å². The minimum absolute atomic E-state index is 0.187. The predicted molar refractivity (Wildman–Crippen MR) is 66.6 cm³/mol. The fourth-order valence-electron chi connectivity index (χ4n) is 2.11. The van der Waals surface area contributed by atoms with Crippen molar-refractivity contribution < 1.29 is 14.6 Å². The van der Waals surface area contributed by atoms with Crippen molar-refractivity contribution in [3.05, 3.63) is 35.4 Å². The van der Waals surface area contributed by atoms with Gasteiger partial charge in [0, 0.05) is 17.5 Å². The van der Waals surface area contributed by atoms with E-state index in [1.165, 1.54) is 0 Å². The molecule has 1 aliphatic rings. The van der Waals surface area contributed by atoms with Gasteiger partial charge in [0.15, 0.2) is 0 Å². The van der Waals surface area contributed by atoms with E-state index < -0.39 is 6.10 Å². The molecule has 1 aromatic carbocycles. The molecule has 0 bridgehead atoms. The smallest absolute Gasteiger partial charge is 0.125 e. The summed E-state index contributed by atoms with van der Waals surface area (Å²) in [5.74, 6) is 1.53. The van der Waals surface area contributed by atoms with Crippen LogP contribution in [0.5, 0.6) is 11.5 Å². The fourth-order valence-corrected chi connectivity index (χ4v) is 2.11. The molecule has 0 spiro atoms. The standard InChI is InChI=1S/C14H18O3/c1-8(2)14(15)11-7-12-10(5-9(3)17-12)6-13(11)16-4/h6-7,9,14-15H,1,5H2,2-4H3. The average molecular weight is 234 g/mol. The maximum absolute atomic E-state index is 10.1. The zero-order valence-electron chi connectivity index (χ0n) is 10.5. The van der Waals surface area contributed by atoms with E-state index in [4.69, 9.17) is 9.47 Å². The first-order valence-corrected chi connectivity index (χ1v) is 5.74. The number of hydrogen-bond donors (Lipinski definition) is 1. The number of methoxy groups -OCH3 is 1. The van der Waals surface area contributed by atoms with E-state index in [1.54, 1.807) is 14.0 Å². The molecule has 0 amide bonds. The van der Waals surface area contributed by atoms with Gasteiger partial charge in [0.2, 0.25) is 0 Å². The van der Waals surface area contributed by atoms with Crippen LogP contribution >= 0.6 is 0 Å². The zero-order chi connectivity index (χ0) is 12.6. The Morgan fingerprint density at radius 1 is 1.59 bits per heavy atom. The van der Waals surface area contributed by atoms with Crippen LogP contribution in [0, 0.1) is 0 Å². The molecule has 0 aliphatic carbocycles. The van der Waals surface area contributed by atoms with E-state index in [1.807, 2.05) is 19.1 Å². The number of hydrogen-bond acceptors (Lipinski definition) is 3. The second-order valence-electron chi connectivity index (χ2n) is 4.58. The topological polar surface area (TPSA) is 38.7 Å². The van der Waals surface area contributed by atoms with Crippen molar-refractivity contribution in [2.45, 2.75) is 32.5 Å². The Labute approximate surface area is 102 Å². The minimum atomic E-state index is -0.713. The summed E-state index contributed by atoms with van der Waals surface area (Å²) in [6, 6.07) is 3.80. The van der Waals surface area contributed by atoms with Gasteiger partial charge in [-0.3, -0.25) is 0 Å². The maximum Gasteiger partial charge on any atom is 0.125 e. The predicted octanol–water partition coefficient (Wildman–Crippen LogP) is 2.63. The van der Waals surface area contributed by atoms with Crippen molar-refractivity contribution in [2.24, 2.45) is 0 Å². The molecule has 1 heterocycles. The van der Waals surface area contributed by atoms with E-state index >= 15 is 0 Å². The monoisotopic (exact) mass is 234 g/mol. The van der Waals surface area contributed by atoms with Crippen molar-refractivity contribution in [1.29, 1.82) is 0 Å². The Bertz CT molecular complexity index is 451. The van der Waals surface area contributed by atoms with Crippen LogP contribution in [0.2, 0.25) is 0 Å². The Hall–Kier alpha value is -1.48. The first kappa shape index (κ1) is 12.0. The van der Waals surface area contributed by atoms with Crippen LogP contribution in [0.3, 0.4) is 0 Å². The van der Waals surface area contributed by atoms with Gasteiger partial charge >= 0.3 is 0 Å². The van der Waals surface area contributed by atoms with Gasteiger partial charge in [0.1, 0.15) is 23.7 Å². The summed E-state index contributed by atoms with van der Waals surface area (Å²) in [7, 11) is 1.61. The Balaban J connectivity index is 2.46. The van der Waals surface area contributed by atoms with Crippen LogP contribution in [0.15, 0.2) is 24.3 Å². The van der Waals surface area contributed by atoms with Gasteiger partial charge in [0.25, 0.3) is 0 Å². The lowest BCUT2D eigenvalue weighted by Gasteiger charge is -2.16. The number of benzene rings is 1. The van der Waals surface area contributed by atoms with Crippen molar-refractivity contribution in [1.82, 2.24) is 0 Å². The van der Waals surface area contributed by atoms with E-state index in [9.17, 15) is 5.11 Å². The molecule has 92 valence electrons. The highest BCUT2D eigenvalue weighted by Gasteiger charge is 2.24. The van der Waals surface area contributed by atoms with Crippen molar-refractivity contribution in [3.8, 4) is 11.5 Å². The number of aliphatic hydroxyl groups is 1. The minimum Gasteiger partial charge on any atom is -0.496 e. The van der Waals surface area contributed by atoms with Crippen molar-refractivity contribution in [3.63, 3.8) is 0 Å². The normalized spacial score (nSPS) is 19.4. The van der Waals surface area contributed by atoms with Crippen LogP contribution in [0.25, 0.3) is 0 Å². The lowest BCUT2D eigenvalue weighted by atomic mass is 9.99. The molecule has 0 radical (unpaired) electrons. The molecule has 17 heavy (non-hydrogen) atoms. The lowest BCUT2D eigenvalue weighted by Crippen LogP contribution is -2.05. The third-order valence-corrected chi connectivity index (χ3v) is 3.01. The van der Waals surface area contributed by atoms with Gasteiger partial charge < -0.3 is 14.6 Å². The molecule has 0 aromatic heterocycles. The fraction of sp³-hybridized carbons (Fsp3) is 0.429. The highest BCUT2D eigenvalue weighted by molar-refractivity contribution is 5.50. The average Bonchev–Trinajstić information content (AvgIpc) is 2.65. The molecule has 1 N–H and O–H groups in total. The molecule has 0 saturated carbocycles. The number of fused-ring (bicyclic) bond motifs is 1. The quantitative estimate of drug-likeness (QED) is 0.817. The summed E-state index contributed by atoms with van der Waals surface area (Å²) in [4.78, 5) is 0. The first-order chi connectivity index (χ1) is 8.02. The second-order valence-corrected chi connectivity index (χ2v) is 4.58. The molecule has 3 heteroatoms. The Morgan fingerprint density at radius 3 is 2.88 bits per heavy atom. The molecule has 3 nitrogen and oxygen atoms in total. The molecular weight excluding hydrogens is 216 g/mol. The molecular formula is C14H18O3. The number of rotatable bonds is 3. The molecule has 1 aliphatic heterocycles. The summed E-state index contributed by atoms with van der Waals surface area (Å²) in [5.41, 5.74) is 2.54. The first-order valence-electron chi connectivity index (χ1n) is 5.74. The van der Waals surface area contributed by atoms with E-state index in [2.05, 4.69) is 6.58 Å². The van der Waals surface area contributed by atoms with E-state index in [-0.39, 0.29) is 6.10 Å². The SMILES string of the molecule is C=C(C)C(O)c1cc2c(cc1OC)CC(C)O2. The third-order valence-electron chi connectivity index (χ3n) is 3.01. The Morgan fingerprint density at radius 2 is 2.29 bits per heavy atom. The maximum atomic E-state index is 10.1. The number of aliphatic hydroxyl groups excluding tert-OH is 1. The second kappa shape index (κ2) is 4.41. The molecule has 0 saturated heterocycles. The van der Waals surface area contributed by atoms with Crippen molar-refractivity contribution >= 4 is 0 Å². The van der Waals surface area contributed by atoms with Gasteiger partial charge in [0.05, 0.1) is 7.11 Å². The highest BCUT2D eigenvalue weighted by Crippen LogP contribution is 2.38. The van der Waals surface area contributed by atoms with Crippen LogP contribution in [0.1, 0.15) is 31.1 Å².